The molecule has 56 heteroatoms. The van der Waals surface area contributed by atoms with Crippen LogP contribution in [0.3, 0.4) is 0 Å². The van der Waals surface area contributed by atoms with E-state index in [-0.39, 0.29) is 327 Å². The van der Waals surface area contributed by atoms with Crippen molar-refractivity contribution in [3.8, 4) is 11.5 Å². The minimum Gasteiger partial charge on any atom is -0.693 e. The minimum atomic E-state index is -1.31. The minimum absolute atomic E-state index is 0. The molecule has 0 saturated heterocycles. The van der Waals surface area contributed by atoms with Crippen molar-refractivity contribution in [2.24, 2.45) is 46.6 Å². The van der Waals surface area contributed by atoms with Gasteiger partial charge in [-0.05, 0) is 78.6 Å². The zero-order valence-corrected chi connectivity index (χ0v) is 76.8. The number of hydrogen-bond donors (Lipinski definition) is 22. The van der Waals surface area contributed by atoms with Crippen molar-refractivity contribution >= 4 is 59.7 Å². The van der Waals surface area contributed by atoms with E-state index in [0.717, 1.165) is 26.7 Å². The Morgan fingerprint density at radius 3 is 0.567 bits per heavy atom. The third kappa shape index (κ3) is 169. The van der Waals surface area contributed by atoms with Gasteiger partial charge in [0.2, 0.25) is 0 Å². The van der Waals surface area contributed by atoms with Gasteiger partial charge in [-0.15, -0.1) is 0 Å². The molecule has 3 rings (SSSR count). The third-order valence-electron chi connectivity index (χ3n) is 7.90. The van der Waals surface area contributed by atoms with Gasteiger partial charge in [-0.2, -0.15) is 0 Å². The number of nitrogens with two attached hydrogens (primary N) is 20. The molecule has 6 atom stereocenters. The fourth-order valence-electron chi connectivity index (χ4n) is 2.86. The Morgan fingerprint density at radius 2 is 0.510 bits per heavy atom. The summed E-state index contributed by atoms with van der Waals surface area (Å²) in [5.74, 6) is -16.0. The number of benzene rings is 2. The molecule has 0 aromatic heterocycles. The maximum atomic E-state index is 10.3. The van der Waals surface area contributed by atoms with E-state index in [1.54, 1.807) is 24.3 Å². The Labute approximate surface area is 725 Å². The molecule has 48 nitrogen and oxygen atoms in total. The van der Waals surface area contributed by atoms with E-state index in [4.69, 9.17) is 105 Å². The zero-order valence-electron chi connectivity index (χ0n) is 58.6. The molecule has 1 saturated carbocycles. The van der Waals surface area contributed by atoms with Gasteiger partial charge in [0.25, 0.3) is 0 Å². The molecule has 1 aliphatic carbocycles. The number of para-hydroxylation sites is 2. The summed E-state index contributed by atoms with van der Waals surface area (Å²) < 4.78 is 0. The predicted molar refractivity (Wildman–Crippen MR) is 375 cm³/mol. The molecule has 0 spiro atoms. The Hall–Kier alpha value is -2.79. The molecule has 662 valence electrons. The van der Waals surface area contributed by atoms with Crippen molar-refractivity contribution in [3.63, 3.8) is 0 Å². The normalized spacial score (nSPS) is 10.0. The molecule has 0 radical (unpaired) electrons. The standard InChI is InChI=1S/2C7H6O3.C6H14N2.2C4H6O4.2C4H8O3.2C3H6O3.C2H8N2.2C2H6.2H3N.16H2N.8Pt/c2*8-6-4-2-1-3-5(6)7(9)10;7-5-3-1-2-4-6(5)8;2*1-2(3(5)6)4(7)8;2*1-3(2-5)4(6)7;2*1-2(4)3(5)6;3-1-2-4;2*1-2;;;;;;;;;;;;;;;;;;;;;;;;;;/h2*1-4,8H,(H,9,10);5-6H,1-4,7-8H2;2*2H,1H3,(H,5,6)(H,7,8);2*3,5H,2H2,1H3,(H,6,7);2*2,4H,1H3,(H,5,6);1-4H2;2*1-2H3;2*1H3;16*1H2;;;;;;;;/q;;;;;;;;;;;;;;16*-1;8*+2. The van der Waals surface area contributed by atoms with Crippen LogP contribution < -0.4 is 35.2 Å². The maximum absolute atomic E-state index is 10.3. The average Bonchev–Trinajstić information content (AvgIpc) is 3.38. The van der Waals surface area contributed by atoms with E-state index in [1.165, 1.54) is 64.8 Å². The monoisotopic (exact) mass is 2980 g/mol. The maximum Gasteiger partial charge on any atom is 2.00 e. The fraction of sp³-hybridized carbons (Fsp3) is 0.542. The van der Waals surface area contributed by atoms with Crippen LogP contribution in [0.15, 0.2) is 48.5 Å². The molecule has 2 aromatic carbocycles. The smallest absolute Gasteiger partial charge is 0.693 e. The van der Waals surface area contributed by atoms with Crippen molar-refractivity contribution in [2.75, 3.05) is 26.3 Å². The van der Waals surface area contributed by atoms with Crippen LogP contribution >= 0.6 is 0 Å². The van der Waals surface area contributed by atoms with Crippen LogP contribution in [0, 0.1) is 23.7 Å². The van der Waals surface area contributed by atoms with Gasteiger partial charge in [-0.3, -0.25) is 28.8 Å². The van der Waals surface area contributed by atoms with Crippen LogP contribution in [0.25, 0.3) is 98.4 Å². The number of aliphatic hydroxyl groups is 4. The molecule has 1 aliphatic rings. The van der Waals surface area contributed by atoms with Gasteiger partial charge >= 0.3 is 228 Å². The Morgan fingerprint density at radius 1 is 0.356 bits per heavy atom. The summed E-state index contributed by atoms with van der Waals surface area (Å²) in [6.07, 6.45) is 2.33. The Balaban J connectivity index is -0.0000000150. The first-order chi connectivity index (χ1) is 35.9. The summed E-state index contributed by atoms with van der Waals surface area (Å²) in [5.41, 5.74) is 21.0. The summed E-state index contributed by atoms with van der Waals surface area (Å²) in [7, 11) is 0. The number of aromatic hydroxyl groups is 2. The van der Waals surface area contributed by atoms with E-state index >= 15 is 0 Å². The van der Waals surface area contributed by atoms with Crippen LogP contribution in [0.4, 0.5) is 0 Å². The van der Waals surface area contributed by atoms with Gasteiger partial charge in [0.1, 0.15) is 34.8 Å². The first-order valence-corrected chi connectivity index (χ1v) is 23.3. The van der Waals surface area contributed by atoms with Crippen molar-refractivity contribution < 1.29 is 298 Å². The van der Waals surface area contributed by atoms with Crippen molar-refractivity contribution in [3.05, 3.63) is 158 Å². The summed E-state index contributed by atoms with van der Waals surface area (Å²) in [4.78, 5) is 98.0. The molecule has 1 fully saturated rings. The Kier molecular flexibility index (Phi) is 350. The van der Waals surface area contributed by atoms with Gasteiger partial charge in [-0.1, -0.05) is 64.8 Å². The molecular weight excluding hydrogens is 2860 g/mol. The van der Waals surface area contributed by atoms with Crippen LogP contribution in [0.5, 0.6) is 11.5 Å². The van der Waals surface area contributed by atoms with Crippen molar-refractivity contribution in [1.29, 1.82) is 0 Å². The second-order valence-corrected chi connectivity index (χ2v) is 14.5. The number of carboxylic acids is 10. The van der Waals surface area contributed by atoms with Crippen LogP contribution in [-0.2, 0) is 207 Å². The largest absolute Gasteiger partial charge is 2.00 e. The zero-order chi connectivity index (χ0) is 64.0. The van der Waals surface area contributed by atoms with Crippen LogP contribution in [-0.4, -0.2) is 192 Å². The van der Waals surface area contributed by atoms with Gasteiger partial charge in [0, 0.05) is 25.2 Å². The first-order valence-electron chi connectivity index (χ1n) is 23.3. The molecule has 0 bridgehead atoms. The summed E-state index contributed by atoms with van der Waals surface area (Å²) in [6.45, 7) is 16.1. The van der Waals surface area contributed by atoms with E-state index in [0.29, 0.717) is 13.1 Å². The number of carbonyl (C=O) groups is 10. The fourth-order valence-corrected chi connectivity index (χ4v) is 2.86. The van der Waals surface area contributed by atoms with E-state index < -0.39 is 95.6 Å². The molecule has 2 aromatic rings. The van der Waals surface area contributed by atoms with Gasteiger partial charge in [0.05, 0.1) is 25.0 Å². The van der Waals surface area contributed by atoms with E-state index in [9.17, 15) is 47.9 Å². The summed E-state index contributed by atoms with van der Waals surface area (Å²) in [6, 6.07) is 12.2. The van der Waals surface area contributed by atoms with E-state index in [1.807, 2.05) is 27.7 Å². The summed E-state index contributed by atoms with van der Waals surface area (Å²) in [5, 5.41) is 130. The van der Waals surface area contributed by atoms with Gasteiger partial charge in [0.15, 0.2) is 11.8 Å². The molecule has 104 heavy (non-hydrogen) atoms. The quantitative estimate of drug-likeness (QED) is 0.0828. The van der Waals surface area contributed by atoms with E-state index in [2.05, 4.69) is 0 Å². The molecular formula is C48H124N22O26Pt8. The number of hydrogen-bond acceptors (Lipinski definition) is 22. The molecule has 0 heterocycles. The van der Waals surface area contributed by atoms with Gasteiger partial charge in [-0.25, -0.2) is 19.2 Å². The van der Waals surface area contributed by atoms with Crippen LogP contribution in [0.2, 0.25) is 0 Å². The number of aliphatic hydroxyl groups excluding tert-OH is 4. The SMILES string of the molecule is CC.CC.CC(C(=O)O)C(=O)O.CC(C(=O)O)C(=O)O.CC(CO)C(=O)O.CC(CO)C(=O)O.CC(O)C(=O)O.CC(O)C(=O)O.N.N.NC1CCCCC1N.NCCN.O=C(O)c1ccccc1O.O=C(O)c1ccccc1O.[NH2-].[NH2-].[NH2-].[NH2-].[NH2-].[NH2-].[NH2-].[NH2-].[NH2-].[NH2-].[NH2-].[NH2-].[NH2-].[NH2-].[NH2-].[NH2-].[Pt+2].[Pt+2].[Pt+2].[Pt+2].[Pt+2].[Pt+2].[Pt+2].[Pt+2]. The van der Waals surface area contributed by atoms with Crippen LogP contribution in [0.1, 0.15) is 116 Å². The predicted octanol–water partition coefficient (Wildman–Crippen LogP) is 13.0. The van der Waals surface area contributed by atoms with Crippen molar-refractivity contribution in [2.45, 2.75) is 119 Å². The molecule has 0 amide bonds. The Bertz CT molecular complexity index is 1860. The number of phenols is 2. The number of aromatic carboxylic acids is 2. The number of carboxylic acid groups (broad SMARTS) is 10. The average molecular weight is 2990 g/mol. The van der Waals surface area contributed by atoms with Crippen molar-refractivity contribution in [1.82, 2.24) is 12.3 Å². The van der Waals surface area contributed by atoms with Gasteiger partial charge < -0.3 is 215 Å². The number of aliphatic carboxylic acids is 8. The topological polar surface area (TPSA) is 1200 Å². The third-order valence-corrected chi connectivity index (χ3v) is 7.90. The number of rotatable bonds is 13. The molecule has 62 N–H and O–H groups in total. The second kappa shape index (κ2) is 157. The molecule has 0 aliphatic heterocycles. The summed E-state index contributed by atoms with van der Waals surface area (Å²) >= 11 is 0. The second-order valence-electron chi connectivity index (χ2n) is 14.5. The molecule has 6 unspecified atom stereocenters. The first kappa shape index (κ1) is 232.